The highest BCUT2D eigenvalue weighted by atomic mass is 16.5. The molecule has 17 heavy (non-hydrogen) atoms. The quantitative estimate of drug-likeness (QED) is 0.819. The van der Waals surface area contributed by atoms with Gasteiger partial charge in [0.2, 0.25) is 0 Å². The molecule has 2 nitrogen and oxygen atoms in total. The smallest absolute Gasteiger partial charge is 0.125 e. The van der Waals surface area contributed by atoms with Gasteiger partial charge in [0.25, 0.3) is 0 Å². The molecule has 1 aromatic carbocycles. The van der Waals surface area contributed by atoms with Crippen LogP contribution in [0.4, 0.5) is 0 Å². The van der Waals surface area contributed by atoms with Crippen molar-refractivity contribution >= 4 is 0 Å². The van der Waals surface area contributed by atoms with Gasteiger partial charge in [0.15, 0.2) is 0 Å². The number of rotatable bonds is 6. The third kappa shape index (κ3) is 4.04. The summed E-state index contributed by atoms with van der Waals surface area (Å²) in [5.74, 6) is 1.03. The van der Waals surface area contributed by atoms with E-state index in [1.165, 1.54) is 11.1 Å². The minimum absolute atomic E-state index is 0.219. The standard InChI is InChI=1S/C15H25NO/c1-5-12(4)17-15-11(3)8-7-9-13(15)10-14(16)6-2/h7-9,12,14H,5-6,10,16H2,1-4H3. The van der Waals surface area contributed by atoms with E-state index in [2.05, 4.69) is 45.9 Å². The zero-order valence-corrected chi connectivity index (χ0v) is 11.5. The van der Waals surface area contributed by atoms with Gasteiger partial charge in [-0.15, -0.1) is 0 Å². The molecule has 0 heterocycles. The molecule has 0 aliphatic carbocycles. The van der Waals surface area contributed by atoms with E-state index in [1.54, 1.807) is 0 Å². The molecule has 0 radical (unpaired) electrons. The molecular weight excluding hydrogens is 210 g/mol. The Morgan fingerprint density at radius 1 is 1.24 bits per heavy atom. The number of ether oxygens (including phenoxy) is 1. The van der Waals surface area contributed by atoms with Crippen LogP contribution >= 0.6 is 0 Å². The van der Waals surface area contributed by atoms with Crippen molar-refractivity contribution in [3.8, 4) is 5.75 Å². The molecule has 0 bridgehead atoms. The molecule has 0 aliphatic rings. The molecule has 1 rings (SSSR count). The first kappa shape index (κ1) is 14.0. The van der Waals surface area contributed by atoms with Crippen LogP contribution in [0.1, 0.15) is 44.7 Å². The van der Waals surface area contributed by atoms with Crippen molar-refractivity contribution in [2.24, 2.45) is 5.73 Å². The Morgan fingerprint density at radius 3 is 2.53 bits per heavy atom. The molecule has 0 spiro atoms. The molecule has 1 aromatic rings. The van der Waals surface area contributed by atoms with Gasteiger partial charge in [-0.3, -0.25) is 0 Å². The largest absolute Gasteiger partial charge is 0.490 e. The topological polar surface area (TPSA) is 35.2 Å². The second kappa shape index (κ2) is 6.65. The lowest BCUT2D eigenvalue weighted by Crippen LogP contribution is -2.22. The second-order valence-electron chi connectivity index (χ2n) is 4.77. The summed E-state index contributed by atoms with van der Waals surface area (Å²) in [6, 6.07) is 6.52. The van der Waals surface area contributed by atoms with Crippen molar-refractivity contribution in [1.82, 2.24) is 0 Å². The van der Waals surface area contributed by atoms with E-state index in [-0.39, 0.29) is 12.1 Å². The van der Waals surface area contributed by atoms with Gasteiger partial charge in [-0.2, -0.15) is 0 Å². The van der Waals surface area contributed by atoms with Crippen molar-refractivity contribution in [2.45, 2.75) is 59.1 Å². The van der Waals surface area contributed by atoms with E-state index in [1.807, 2.05) is 0 Å². The summed E-state index contributed by atoms with van der Waals surface area (Å²) in [4.78, 5) is 0. The van der Waals surface area contributed by atoms with Gasteiger partial charge in [-0.25, -0.2) is 0 Å². The molecule has 2 heteroatoms. The predicted molar refractivity (Wildman–Crippen MR) is 73.5 cm³/mol. The van der Waals surface area contributed by atoms with Crippen LogP contribution in [-0.2, 0) is 6.42 Å². The lowest BCUT2D eigenvalue weighted by molar-refractivity contribution is 0.213. The van der Waals surface area contributed by atoms with Crippen molar-refractivity contribution in [3.63, 3.8) is 0 Å². The summed E-state index contributed by atoms with van der Waals surface area (Å²) in [5, 5.41) is 0. The van der Waals surface area contributed by atoms with E-state index >= 15 is 0 Å². The first-order valence-electron chi connectivity index (χ1n) is 6.59. The van der Waals surface area contributed by atoms with Crippen LogP contribution in [0.2, 0.25) is 0 Å². The molecule has 2 unspecified atom stereocenters. The van der Waals surface area contributed by atoms with Crippen LogP contribution in [0, 0.1) is 6.92 Å². The Bertz CT molecular complexity index is 349. The summed E-state index contributed by atoms with van der Waals surface area (Å²) >= 11 is 0. The van der Waals surface area contributed by atoms with Crippen LogP contribution in [0.5, 0.6) is 5.75 Å². The Balaban J connectivity index is 2.91. The number of hydrogen-bond acceptors (Lipinski definition) is 2. The third-order valence-corrected chi connectivity index (χ3v) is 3.19. The fourth-order valence-corrected chi connectivity index (χ4v) is 1.75. The van der Waals surface area contributed by atoms with E-state index < -0.39 is 0 Å². The van der Waals surface area contributed by atoms with E-state index in [0.29, 0.717) is 0 Å². The van der Waals surface area contributed by atoms with Gasteiger partial charge >= 0.3 is 0 Å². The summed E-state index contributed by atoms with van der Waals surface area (Å²) in [6.07, 6.45) is 3.17. The minimum Gasteiger partial charge on any atom is -0.490 e. The van der Waals surface area contributed by atoms with Crippen molar-refractivity contribution in [1.29, 1.82) is 0 Å². The van der Waals surface area contributed by atoms with E-state index in [0.717, 1.165) is 25.0 Å². The monoisotopic (exact) mass is 235 g/mol. The molecule has 96 valence electrons. The summed E-state index contributed by atoms with van der Waals surface area (Å²) in [7, 11) is 0. The number of benzene rings is 1. The average Bonchev–Trinajstić information content (AvgIpc) is 2.33. The summed E-state index contributed by atoms with van der Waals surface area (Å²) in [6.45, 7) is 8.46. The maximum absolute atomic E-state index is 6.03. The molecule has 0 aliphatic heterocycles. The fourth-order valence-electron chi connectivity index (χ4n) is 1.75. The average molecular weight is 235 g/mol. The highest BCUT2D eigenvalue weighted by molar-refractivity contribution is 5.41. The second-order valence-corrected chi connectivity index (χ2v) is 4.77. The number of aryl methyl sites for hydroxylation is 1. The first-order valence-corrected chi connectivity index (χ1v) is 6.59. The van der Waals surface area contributed by atoms with Gasteiger partial charge in [0.1, 0.15) is 5.75 Å². The number of nitrogens with two attached hydrogens (primary N) is 1. The van der Waals surface area contributed by atoms with Crippen LogP contribution in [0.3, 0.4) is 0 Å². The minimum atomic E-state index is 0.219. The predicted octanol–water partition coefficient (Wildman–Crippen LogP) is 3.45. The summed E-state index contributed by atoms with van der Waals surface area (Å²) in [5.41, 5.74) is 8.47. The van der Waals surface area contributed by atoms with Gasteiger partial charge in [-0.05, 0) is 44.2 Å². The zero-order chi connectivity index (χ0) is 12.8. The maximum Gasteiger partial charge on any atom is 0.125 e. The Hall–Kier alpha value is -1.02. The number of hydrogen-bond donors (Lipinski definition) is 1. The van der Waals surface area contributed by atoms with Crippen molar-refractivity contribution < 1.29 is 4.74 Å². The van der Waals surface area contributed by atoms with Crippen LogP contribution in [-0.4, -0.2) is 12.1 Å². The molecule has 0 aromatic heterocycles. The molecule has 0 fully saturated rings. The lowest BCUT2D eigenvalue weighted by atomic mass is 10.0. The maximum atomic E-state index is 6.03. The lowest BCUT2D eigenvalue weighted by Gasteiger charge is -2.19. The van der Waals surface area contributed by atoms with Crippen LogP contribution in [0.25, 0.3) is 0 Å². The highest BCUT2D eigenvalue weighted by Gasteiger charge is 2.12. The molecule has 0 saturated carbocycles. The fraction of sp³-hybridized carbons (Fsp3) is 0.600. The Kier molecular flexibility index (Phi) is 5.49. The van der Waals surface area contributed by atoms with Gasteiger partial charge in [0, 0.05) is 6.04 Å². The highest BCUT2D eigenvalue weighted by Crippen LogP contribution is 2.26. The van der Waals surface area contributed by atoms with Crippen molar-refractivity contribution in [2.75, 3.05) is 0 Å². The third-order valence-electron chi connectivity index (χ3n) is 3.19. The van der Waals surface area contributed by atoms with E-state index in [9.17, 15) is 0 Å². The van der Waals surface area contributed by atoms with Gasteiger partial charge in [0.05, 0.1) is 6.10 Å². The SMILES string of the molecule is CCC(N)Cc1cccc(C)c1OC(C)CC. The molecular formula is C15H25NO. The zero-order valence-electron chi connectivity index (χ0n) is 11.5. The van der Waals surface area contributed by atoms with E-state index in [4.69, 9.17) is 10.5 Å². The Labute approximate surface area is 105 Å². The van der Waals surface area contributed by atoms with Crippen LogP contribution in [0.15, 0.2) is 18.2 Å². The molecule has 0 amide bonds. The molecule has 0 saturated heterocycles. The summed E-state index contributed by atoms with van der Waals surface area (Å²) < 4.78 is 6.02. The molecule has 2 atom stereocenters. The Morgan fingerprint density at radius 2 is 1.94 bits per heavy atom. The number of para-hydroxylation sites is 1. The van der Waals surface area contributed by atoms with Crippen molar-refractivity contribution in [3.05, 3.63) is 29.3 Å². The van der Waals surface area contributed by atoms with Gasteiger partial charge in [-0.1, -0.05) is 32.0 Å². The normalized spacial score (nSPS) is 14.4. The van der Waals surface area contributed by atoms with Gasteiger partial charge < -0.3 is 10.5 Å². The first-order chi connectivity index (χ1) is 8.08. The molecule has 2 N–H and O–H groups in total. The van der Waals surface area contributed by atoms with Crippen LogP contribution < -0.4 is 10.5 Å².